The molecule has 3 heterocycles. The number of esters is 1. The lowest BCUT2D eigenvalue weighted by atomic mass is 9.95. The highest BCUT2D eigenvalue weighted by atomic mass is 35.5. The van der Waals surface area contributed by atoms with Crippen molar-refractivity contribution in [2.24, 2.45) is 0 Å². The number of ether oxygens (including phenoxy) is 1. The van der Waals surface area contributed by atoms with Crippen LogP contribution in [0.2, 0.25) is 5.02 Å². The summed E-state index contributed by atoms with van der Waals surface area (Å²) >= 11 is 6.36. The van der Waals surface area contributed by atoms with Gasteiger partial charge in [0.25, 0.3) is 0 Å². The standard InChI is InChI=1S/C21H23ClN6O3/c1-31-19(29)17-16(25-21(30)26-18(17)14-5-2-3-6-15(14)22)13-27-9-11-28(12-10-27)20-23-7-4-8-24-20/h2-8,18H,9-13H2,1H3,(H2,25,26,30)/t18-/m0/s1. The van der Waals surface area contributed by atoms with Crippen LogP contribution in [0.4, 0.5) is 10.7 Å². The quantitative estimate of drug-likeness (QED) is 0.680. The zero-order chi connectivity index (χ0) is 21.8. The molecule has 9 nitrogen and oxygen atoms in total. The average molecular weight is 443 g/mol. The number of hydrogen-bond acceptors (Lipinski definition) is 7. The first-order chi connectivity index (χ1) is 15.1. The van der Waals surface area contributed by atoms with Gasteiger partial charge in [0.15, 0.2) is 0 Å². The molecule has 162 valence electrons. The number of urea groups is 1. The summed E-state index contributed by atoms with van der Waals surface area (Å²) in [5.74, 6) is 0.189. The van der Waals surface area contributed by atoms with Crippen LogP contribution in [0.15, 0.2) is 54.0 Å². The van der Waals surface area contributed by atoms with E-state index in [0.717, 1.165) is 26.2 Å². The molecular weight excluding hydrogens is 420 g/mol. The van der Waals surface area contributed by atoms with Gasteiger partial charge in [-0.3, -0.25) is 4.90 Å². The first kappa shape index (κ1) is 21.1. The van der Waals surface area contributed by atoms with Crippen LogP contribution >= 0.6 is 11.6 Å². The fourth-order valence-corrected chi connectivity index (χ4v) is 4.07. The maximum atomic E-state index is 12.7. The van der Waals surface area contributed by atoms with Gasteiger partial charge in [0.05, 0.1) is 18.7 Å². The zero-order valence-corrected chi connectivity index (χ0v) is 17.8. The Kier molecular flexibility index (Phi) is 6.34. The molecule has 10 heteroatoms. The molecule has 0 radical (unpaired) electrons. The molecule has 0 aliphatic carbocycles. The van der Waals surface area contributed by atoms with E-state index in [4.69, 9.17) is 16.3 Å². The molecule has 1 atom stereocenters. The second-order valence-corrected chi connectivity index (χ2v) is 7.66. The Balaban J connectivity index is 1.56. The van der Waals surface area contributed by atoms with Crippen molar-refractivity contribution in [3.8, 4) is 0 Å². The fourth-order valence-electron chi connectivity index (χ4n) is 3.82. The second-order valence-electron chi connectivity index (χ2n) is 7.25. The molecule has 0 bridgehead atoms. The summed E-state index contributed by atoms with van der Waals surface area (Å²) in [4.78, 5) is 38.0. The van der Waals surface area contributed by atoms with E-state index in [-0.39, 0.29) is 6.03 Å². The number of aromatic nitrogens is 2. The minimum absolute atomic E-state index is 0.351. The van der Waals surface area contributed by atoms with Crippen molar-refractivity contribution in [3.05, 3.63) is 64.6 Å². The van der Waals surface area contributed by atoms with E-state index in [0.29, 0.717) is 34.3 Å². The van der Waals surface area contributed by atoms with Gasteiger partial charge in [0.2, 0.25) is 5.95 Å². The van der Waals surface area contributed by atoms with Crippen LogP contribution in [0.3, 0.4) is 0 Å². The molecule has 2 aromatic rings. The molecule has 2 aliphatic heterocycles. The molecule has 2 aliphatic rings. The maximum Gasteiger partial charge on any atom is 0.338 e. The fraction of sp³-hybridized carbons (Fsp3) is 0.333. The maximum absolute atomic E-state index is 12.7. The summed E-state index contributed by atoms with van der Waals surface area (Å²) in [6, 6.07) is 7.84. The third-order valence-corrected chi connectivity index (χ3v) is 5.71. The topological polar surface area (TPSA) is 99.7 Å². The lowest BCUT2D eigenvalue weighted by molar-refractivity contribution is -0.136. The number of nitrogens with zero attached hydrogens (tertiary/aromatic N) is 4. The predicted octanol–water partition coefficient (Wildman–Crippen LogP) is 1.73. The molecule has 2 amide bonds. The molecule has 1 saturated heterocycles. The number of carbonyl (C=O) groups excluding carboxylic acids is 2. The number of anilines is 1. The molecule has 1 aromatic heterocycles. The molecule has 0 spiro atoms. The Morgan fingerprint density at radius 3 is 2.55 bits per heavy atom. The van der Waals surface area contributed by atoms with Gasteiger partial charge in [-0.1, -0.05) is 29.8 Å². The Bertz CT molecular complexity index is 992. The monoisotopic (exact) mass is 442 g/mol. The largest absolute Gasteiger partial charge is 0.466 e. The number of benzene rings is 1. The average Bonchev–Trinajstić information content (AvgIpc) is 2.80. The van der Waals surface area contributed by atoms with Crippen LogP contribution < -0.4 is 15.5 Å². The molecule has 0 unspecified atom stereocenters. The molecule has 4 rings (SSSR count). The number of carbonyl (C=O) groups is 2. The minimum Gasteiger partial charge on any atom is -0.466 e. The van der Waals surface area contributed by atoms with Crippen molar-refractivity contribution in [2.75, 3.05) is 44.7 Å². The normalized spacial score (nSPS) is 19.6. The smallest absolute Gasteiger partial charge is 0.338 e. The summed E-state index contributed by atoms with van der Waals surface area (Å²) in [6.45, 7) is 3.35. The molecule has 31 heavy (non-hydrogen) atoms. The Morgan fingerprint density at radius 1 is 1.16 bits per heavy atom. The van der Waals surface area contributed by atoms with Gasteiger partial charge in [0.1, 0.15) is 0 Å². The van der Waals surface area contributed by atoms with Crippen molar-refractivity contribution in [1.29, 1.82) is 0 Å². The van der Waals surface area contributed by atoms with E-state index in [9.17, 15) is 9.59 Å². The van der Waals surface area contributed by atoms with Crippen molar-refractivity contribution in [2.45, 2.75) is 6.04 Å². The number of amides is 2. The summed E-state index contributed by atoms with van der Waals surface area (Å²) < 4.78 is 5.04. The molecule has 0 saturated carbocycles. The van der Waals surface area contributed by atoms with E-state index in [1.54, 1.807) is 36.7 Å². The first-order valence-electron chi connectivity index (χ1n) is 9.94. The number of halogens is 1. The molecule has 1 aromatic carbocycles. The van der Waals surface area contributed by atoms with Gasteiger partial charge in [-0.2, -0.15) is 0 Å². The van der Waals surface area contributed by atoms with E-state index < -0.39 is 12.0 Å². The molecular formula is C21H23ClN6O3. The van der Waals surface area contributed by atoms with Crippen LogP contribution in [0.25, 0.3) is 0 Å². The van der Waals surface area contributed by atoms with Crippen LogP contribution in [0.1, 0.15) is 11.6 Å². The van der Waals surface area contributed by atoms with Crippen molar-refractivity contribution in [1.82, 2.24) is 25.5 Å². The van der Waals surface area contributed by atoms with E-state index >= 15 is 0 Å². The van der Waals surface area contributed by atoms with Gasteiger partial charge in [-0.05, 0) is 17.7 Å². The van der Waals surface area contributed by atoms with Crippen molar-refractivity contribution in [3.63, 3.8) is 0 Å². The lowest BCUT2D eigenvalue weighted by Gasteiger charge is -2.37. The number of rotatable bonds is 5. The summed E-state index contributed by atoms with van der Waals surface area (Å²) in [7, 11) is 1.33. The number of nitrogens with one attached hydrogen (secondary N) is 2. The van der Waals surface area contributed by atoms with Crippen LogP contribution in [-0.4, -0.2) is 66.7 Å². The number of hydrogen-bond donors (Lipinski definition) is 2. The predicted molar refractivity (Wildman–Crippen MR) is 116 cm³/mol. The summed E-state index contributed by atoms with van der Waals surface area (Å²) in [6.07, 6.45) is 3.45. The van der Waals surface area contributed by atoms with Crippen LogP contribution in [-0.2, 0) is 9.53 Å². The van der Waals surface area contributed by atoms with Crippen molar-refractivity contribution >= 4 is 29.5 Å². The highest BCUT2D eigenvalue weighted by Crippen LogP contribution is 2.32. The number of piperazine rings is 1. The minimum atomic E-state index is -0.691. The van der Waals surface area contributed by atoms with Gasteiger partial charge < -0.3 is 20.3 Å². The lowest BCUT2D eigenvalue weighted by Crippen LogP contribution is -2.52. The van der Waals surface area contributed by atoms with Crippen molar-refractivity contribution < 1.29 is 14.3 Å². The SMILES string of the molecule is COC(=O)C1=C(CN2CCN(c3ncccn3)CC2)NC(=O)N[C@H]1c1ccccc1Cl. The van der Waals surface area contributed by atoms with Crippen LogP contribution in [0, 0.1) is 0 Å². The Labute approximate surface area is 185 Å². The van der Waals surface area contributed by atoms with Crippen LogP contribution in [0.5, 0.6) is 0 Å². The summed E-state index contributed by atoms with van der Waals surface area (Å²) in [5.41, 5.74) is 1.51. The van der Waals surface area contributed by atoms with E-state index in [2.05, 4.69) is 30.4 Å². The Morgan fingerprint density at radius 2 is 1.87 bits per heavy atom. The highest BCUT2D eigenvalue weighted by Gasteiger charge is 2.35. The van der Waals surface area contributed by atoms with Gasteiger partial charge >= 0.3 is 12.0 Å². The third kappa shape index (κ3) is 4.62. The van der Waals surface area contributed by atoms with Gasteiger partial charge in [-0.15, -0.1) is 0 Å². The summed E-state index contributed by atoms with van der Waals surface area (Å²) in [5, 5.41) is 6.06. The molecule has 2 N–H and O–H groups in total. The van der Waals surface area contributed by atoms with Gasteiger partial charge in [0, 0.05) is 55.8 Å². The van der Waals surface area contributed by atoms with E-state index in [1.165, 1.54) is 7.11 Å². The second kappa shape index (κ2) is 9.32. The third-order valence-electron chi connectivity index (χ3n) is 5.36. The first-order valence-corrected chi connectivity index (χ1v) is 10.3. The van der Waals surface area contributed by atoms with E-state index in [1.807, 2.05) is 6.07 Å². The zero-order valence-electron chi connectivity index (χ0n) is 17.0. The number of methoxy groups -OCH3 is 1. The Hall–Kier alpha value is -3.17. The highest BCUT2D eigenvalue weighted by molar-refractivity contribution is 6.31. The van der Waals surface area contributed by atoms with Gasteiger partial charge in [-0.25, -0.2) is 19.6 Å². The molecule has 1 fully saturated rings.